The Morgan fingerprint density at radius 1 is 0.886 bits per heavy atom. The number of aromatic nitrogens is 4. The molecule has 0 saturated carbocycles. The Hall–Kier alpha value is -4.63. The summed E-state index contributed by atoms with van der Waals surface area (Å²) >= 11 is 5.75. The third kappa shape index (κ3) is 4.85. The minimum absolute atomic E-state index is 0.104. The zero-order valence-electron chi connectivity index (χ0n) is 17.9. The third-order valence-corrected chi connectivity index (χ3v) is 5.38. The van der Waals surface area contributed by atoms with Crippen LogP contribution in [0.25, 0.3) is 16.9 Å². The molecule has 2 N–H and O–H groups in total. The van der Waals surface area contributed by atoms with Gasteiger partial charge in [-0.1, -0.05) is 23.7 Å². The summed E-state index contributed by atoms with van der Waals surface area (Å²) in [5, 5.41) is 9.27. The predicted molar refractivity (Wildman–Crippen MR) is 131 cm³/mol. The first kappa shape index (κ1) is 22.2. The molecule has 0 saturated heterocycles. The van der Waals surface area contributed by atoms with Crippen LogP contribution in [0, 0.1) is 5.82 Å². The molecule has 10 heteroatoms. The molecule has 0 aliphatic carbocycles. The lowest BCUT2D eigenvalue weighted by Gasteiger charge is -2.10. The number of hydrogen-bond acceptors (Lipinski definition) is 5. The molecular weight excluding hydrogens is 471 g/mol. The number of ketones is 1. The van der Waals surface area contributed by atoms with Crippen molar-refractivity contribution in [3.63, 3.8) is 0 Å². The van der Waals surface area contributed by atoms with Crippen LogP contribution in [0.3, 0.4) is 0 Å². The number of nitrogens with zero attached hydrogens (tertiary/aromatic N) is 4. The highest BCUT2D eigenvalue weighted by atomic mass is 35.5. The van der Waals surface area contributed by atoms with Crippen LogP contribution in [0.2, 0.25) is 5.02 Å². The number of nitrogens with one attached hydrogen (secondary N) is 2. The number of halogens is 2. The summed E-state index contributed by atoms with van der Waals surface area (Å²) in [6, 6.07) is 16.7. The number of benzene rings is 3. The maximum Gasteiger partial charge on any atom is 0.323 e. The van der Waals surface area contributed by atoms with E-state index in [9.17, 15) is 14.0 Å². The summed E-state index contributed by atoms with van der Waals surface area (Å²) in [4.78, 5) is 34.4. The number of carbonyl (C=O) groups excluding carboxylic acids is 2. The van der Waals surface area contributed by atoms with E-state index in [-0.39, 0.29) is 10.8 Å². The van der Waals surface area contributed by atoms with Crippen molar-refractivity contribution in [3.05, 3.63) is 107 Å². The van der Waals surface area contributed by atoms with Gasteiger partial charge >= 0.3 is 6.03 Å². The highest BCUT2D eigenvalue weighted by Gasteiger charge is 2.13. The standard InChI is InChI=1S/C25H16ClFN6O2/c26-19-13-18(6-7-20(19)27)31-25(35)30-17-4-1-3-15(11-17)24(34)16-5-8-21-22(12-16)32-23(14-28-21)33-10-2-9-29-33/h1-14H,(H2,30,31,35). The normalized spacial score (nSPS) is 10.8. The number of carbonyl (C=O) groups is 2. The van der Waals surface area contributed by atoms with Gasteiger partial charge in [0.15, 0.2) is 11.6 Å². The Bertz CT molecular complexity index is 1570. The van der Waals surface area contributed by atoms with Crippen LogP contribution < -0.4 is 10.6 Å². The molecule has 35 heavy (non-hydrogen) atoms. The number of fused-ring (bicyclic) bond motifs is 1. The molecule has 8 nitrogen and oxygen atoms in total. The average molecular weight is 487 g/mol. The van der Waals surface area contributed by atoms with Gasteiger partial charge in [-0.2, -0.15) is 5.10 Å². The van der Waals surface area contributed by atoms with E-state index in [1.165, 1.54) is 12.1 Å². The van der Waals surface area contributed by atoms with Crippen LogP contribution in [0.4, 0.5) is 20.6 Å². The van der Waals surface area contributed by atoms with Crippen molar-refractivity contribution in [2.75, 3.05) is 10.6 Å². The third-order valence-electron chi connectivity index (χ3n) is 5.09. The van der Waals surface area contributed by atoms with E-state index in [4.69, 9.17) is 11.6 Å². The molecule has 0 aliphatic rings. The van der Waals surface area contributed by atoms with Crippen LogP contribution >= 0.6 is 11.6 Å². The molecule has 0 atom stereocenters. The first-order valence-electron chi connectivity index (χ1n) is 10.4. The Labute approximate surface area is 203 Å². The largest absolute Gasteiger partial charge is 0.323 e. The number of anilines is 2. The fourth-order valence-corrected chi connectivity index (χ4v) is 3.61. The smallest absolute Gasteiger partial charge is 0.308 e. The van der Waals surface area contributed by atoms with E-state index in [2.05, 4.69) is 25.7 Å². The number of urea groups is 1. The van der Waals surface area contributed by atoms with Crippen LogP contribution in [-0.2, 0) is 0 Å². The van der Waals surface area contributed by atoms with Crippen molar-refractivity contribution in [2.24, 2.45) is 0 Å². The Balaban J connectivity index is 1.35. The van der Waals surface area contributed by atoms with Gasteiger partial charge in [-0.05, 0) is 54.6 Å². The number of amides is 2. The van der Waals surface area contributed by atoms with E-state index >= 15 is 0 Å². The molecule has 0 fully saturated rings. The van der Waals surface area contributed by atoms with Crippen molar-refractivity contribution in [2.45, 2.75) is 0 Å². The average Bonchev–Trinajstić information content (AvgIpc) is 3.40. The van der Waals surface area contributed by atoms with E-state index in [1.54, 1.807) is 71.8 Å². The molecule has 0 radical (unpaired) electrons. The topological polar surface area (TPSA) is 102 Å². The zero-order valence-corrected chi connectivity index (χ0v) is 18.7. The summed E-state index contributed by atoms with van der Waals surface area (Å²) in [6.07, 6.45) is 5.00. The summed E-state index contributed by atoms with van der Waals surface area (Å²) in [6.45, 7) is 0. The molecule has 2 amide bonds. The first-order valence-corrected chi connectivity index (χ1v) is 10.8. The molecular formula is C25H16ClFN6O2. The predicted octanol–water partition coefficient (Wildman–Crippen LogP) is 5.48. The van der Waals surface area contributed by atoms with Crippen LogP contribution in [0.15, 0.2) is 85.3 Å². The van der Waals surface area contributed by atoms with Gasteiger partial charge in [-0.15, -0.1) is 0 Å². The van der Waals surface area contributed by atoms with Crippen molar-refractivity contribution in [1.29, 1.82) is 0 Å². The van der Waals surface area contributed by atoms with Gasteiger partial charge < -0.3 is 10.6 Å². The minimum atomic E-state index is -0.582. The van der Waals surface area contributed by atoms with Gasteiger partial charge in [-0.3, -0.25) is 9.78 Å². The number of rotatable bonds is 5. The summed E-state index contributed by atoms with van der Waals surface area (Å²) in [5.74, 6) is -0.291. The summed E-state index contributed by atoms with van der Waals surface area (Å²) < 4.78 is 14.9. The van der Waals surface area contributed by atoms with Crippen LogP contribution in [0.1, 0.15) is 15.9 Å². The fraction of sp³-hybridized carbons (Fsp3) is 0. The maximum atomic E-state index is 13.3. The molecule has 5 aromatic rings. The summed E-state index contributed by atoms with van der Waals surface area (Å²) in [5.41, 5.74) is 2.73. The lowest BCUT2D eigenvalue weighted by Crippen LogP contribution is -2.19. The molecule has 0 unspecified atom stereocenters. The molecule has 0 spiro atoms. The quantitative estimate of drug-likeness (QED) is 0.320. The van der Waals surface area contributed by atoms with Crippen molar-refractivity contribution in [1.82, 2.24) is 19.7 Å². The van der Waals surface area contributed by atoms with E-state index < -0.39 is 11.8 Å². The summed E-state index contributed by atoms with van der Waals surface area (Å²) in [7, 11) is 0. The zero-order chi connectivity index (χ0) is 24.4. The molecule has 172 valence electrons. The Morgan fingerprint density at radius 2 is 1.69 bits per heavy atom. The second kappa shape index (κ2) is 9.32. The molecule has 5 rings (SSSR count). The fourth-order valence-electron chi connectivity index (χ4n) is 3.43. The minimum Gasteiger partial charge on any atom is -0.308 e. The maximum absolute atomic E-state index is 13.3. The molecule has 2 heterocycles. The molecule has 2 aromatic heterocycles. The van der Waals surface area contributed by atoms with Crippen molar-refractivity contribution >= 4 is 45.8 Å². The van der Waals surface area contributed by atoms with Crippen LogP contribution in [0.5, 0.6) is 0 Å². The van der Waals surface area contributed by atoms with E-state index in [1.807, 2.05) is 0 Å². The lowest BCUT2D eigenvalue weighted by molar-refractivity contribution is 0.103. The lowest BCUT2D eigenvalue weighted by atomic mass is 10.0. The van der Waals surface area contributed by atoms with Gasteiger partial charge in [0.2, 0.25) is 0 Å². The SMILES string of the molecule is O=C(Nc1cccc(C(=O)c2ccc3ncc(-n4cccn4)nc3c2)c1)Nc1ccc(F)c(Cl)c1. The van der Waals surface area contributed by atoms with Crippen molar-refractivity contribution < 1.29 is 14.0 Å². The highest BCUT2D eigenvalue weighted by molar-refractivity contribution is 6.31. The first-order chi connectivity index (χ1) is 17.0. The highest BCUT2D eigenvalue weighted by Crippen LogP contribution is 2.21. The van der Waals surface area contributed by atoms with E-state index in [0.29, 0.717) is 39.4 Å². The van der Waals surface area contributed by atoms with Crippen LogP contribution in [-0.4, -0.2) is 31.6 Å². The van der Waals surface area contributed by atoms with Gasteiger partial charge in [0.25, 0.3) is 0 Å². The monoisotopic (exact) mass is 486 g/mol. The molecule has 0 aliphatic heterocycles. The number of hydrogen-bond donors (Lipinski definition) is 2. The Kier molecular flexibility index (Phi) is 5.90. The molecule has 3 aromatic carbocycles. The second-order valence-corrected chi connectivity index (χ2v) is 7.91. The van der Waals surface area contributed by atoms with Gasteiger partial charge in [0, 0.05) is 34.9 Å². The second-order valence-electron chi connectivity index (χ2n) is 7.50. The van der Waals surface area contributed by atoms with E-state index in [0.717, 1.165) is 6.07 Å². The van der Waals surface area contributed by atoms with Gasteiger partial charge in [0.05, 0.1) is 22.3 Å². The van der Waals surface area contributed by atoms with Gasteiger partial charge in [0.1, 0.15) is 5.82 Å². The van der Waals surface area contributed by atoms with Gasteiger partial charge in [-0.25, -0.2) is 18.9 Å². The van der Waals surface area contributed by atoms with Crippen molar-refractivity contribution in [3.8, 4) is 5.82 Å². The Morgan fingerprint density at radius 3 is 2.46 bits per heavy atom. The molecule has 0 bridgehead atoms.